The summed E-state index contributed by atoms with van der Waals surface area (Å²) < 4.78 is 15.6. The van der Waals surface area contributed by atoms with Gasteiger partial charge in [0.15, 0.2) is 0 Å². The predicted octanol–water partition coefficient (Wildman–Crippen LogP) is 0.869. The van der Waals surface area contributed by atoms with Gasteiger partial charge in [-0.05, 0) is 6.92 Å². The van der Waals surface area contributed by atoms with Gasteiger partial charge in [-0.15, -0.1) is 0 Å². The van der Waals surface area contributed by atoms with E-state index in [-0.39, 0.29) is 0 Å². The lowest BCUT2D eigenvalue weighted by molar-refractivity contribution is 0.0535. The van der Waals surface area contributed by atoms with E-state index in [2.05, 4.69) is 15.3 Å². The monoisotopic (exact) mass is 241 g/mol. The molecule has 0 amide bonds. The van der Waals surface area contributed by atoms with Gasteiger partial charge >= 0.3 is 0 Å². The van der Waals surface area contributed by atoms with Crippen LogP contribution in [0.3, 0.4) is 0 Å². The van der Waals surface area contributed by atoms with E-state index in [9.17, 15) is 0 Å². The van der Waals surface area contributed by atoms with Gasteiger partial charge in [-0.2, -0.15) is 0 Å². The van der Waals surface area contributed by atoms with Crippen molar-refractivity contribution in [2.45, 2.75) is 6.92 Å². The highest BCUT2D eigenvalue weighted by Gasteiger charge is 2.06. The zero-order valence-electron chi connectivity index (χ0n) is 10.5. The third-order valence-corrected chi connectivity index (χ3v) is 2.17. The highest BCUT2D eigenvalue weighted by Crippen LogP contribution is 2.19. The molecule has 0 spiro atoms. The fraction of sp³-hybridized carbons (Fsp3) is 0.636. The summed E-state index contributed by atoms with van der Waals surface area (Å²) in [5.41, 5.74) is 0.895. The zero-order chi connectivity index (χ0) is 12.5. The number of nitrogens with zero attached hydrogens (tertiary/aromatic N) is 2. The third-order valence-electron chi connectivity index (χ3n) is 2.17. The number of aromatic nitrogens is 2. The number of anilines is 1. The molecule has 0 saturated carbocycles. The highest BCUT2D eigenvalue weighted by molar-refractivity contribution is 5.46. The van der Waals surface area contributed by atoms with E-state index in [0.29, 0.717) is 32.3 Å². The largest absolute Gasteiger partial charge is 0.475 e. The van der Waals surface area contributed by atoms with Crippen molar-refractivity contribution < 1.29 is 14.2 Å². The number of rotatable bonds is 8. The molecule has 1 aromatic rings. The molecule has 0 aromatic carbocycles. The van der Waals surface area contributed by atoms with E-state index in [4.69, 9.17) is 14.2 Å². The van der Waals surface area contributed by atoms with Gasteiger partial charge in [0.05, 0.1) is 25.4 Å². The van der Waals surface area contributed by atoms with Crippen molar-refractivity contribution in [1.82, 2.24) is 9.97 Å². The van der Waals surface area contributed by atoms with E-state index in [0.717, 1.165) is 11.4 Å². The van der Waals surface area contributed by atoms with Crippen LogP contribution in [0.5, 0.6) is 5.88 Å². The van der Waals surface area contributed by atoms with Gasteiger partial charge in [0, 0.05) is 14.2 Å². The summed E-state index contributed by atoms with van der Waals surface area (Å²) in [6, 6.07) is 0. The molecular formula is C11H19N3O3. The van der Waals surface area contributed by atoms with Crippen molar-refractivity contribution in [3.63, 3.8) is 0 Å². The van der Waals surface area contributed by atoms with Gasteiger partial charge in [-0.3, -0.25) is 0 Å². The standard InChI is InChI=1S/C11H19N3O3/c1-9-10(12-2)13-8-14-11(9)17-7-6-16-5-4-15-3/h8H,4-7H2,1-3H3,(H,12,13,14). The maximum absolute atomic E-state index is 5.50. The molecule has 0 bridgehead atoms. The summed E-state index contributed by atoms with van der Waals surface area (Å²) in [5, 5.41) is 2.98. The molecule has 0 atom stereocenters. The SMILES string of the molecule is CNc1ncnc(OCCOCCOC)c1C. The first-order chi connectivity index (χ1) is 8.29. The second-order valence-electron chi connectivity index (χ2n) is 3.36. The number of nitrogens with one attached hydrogen (secondary N) is 1. The number of ether oxygens (including phenoxy) is 3. The predicted molar refractivity (Wildman–Crippen MR) is 64.5 cm³/mol. The van der Waals surface area contributed by atoms with Crippen LogP contribution in [0.2, 0.25) is 0 Å². The number of hydrogen-bond donors (Lipinski definition) is 1. The molecule has 1 rings (SSSR count). The normalized spacial score (nSPS) is 10.3. The van der Waals surface area contributed by atoms with E-state index >= 15 is 0 Å². The highest BCUT2D eigenvalue weighted by atomic mass is 16.5. The smallest absolute Gasteiger partial charge is 0.221 e. The molecule has 6 nitrogen and oxygen atoms in total. The Hall–Kier alpha value is -1.40. The maximum atomic E-state index is 5.50. The van der Waals surface area contributed by atoms with E-state index in [1.807, 2.05) is 14.0 Å². The van der Waals surface area contributed by atoms with Crippen molar-refractivity contribution in [3.8, 4) is 5.88 Å². The van der Waals surface area contributed by atoms with Crippen LogP contribution in [-0.4, -0.2) is 50.6 Å². The summed E-state index contributed by atoms with van der Waals surface area (Å²) in [4.78, 5) is 8.14. The Balaban J connectivity index is 2.31. The minimum Gasteiger partial charge on any atom is -0.475 e. The fourth-order valence-corrected chi connectivity index (χ4v) is 1.27. The molecule has 6 heteroatoms. The lowest BCUT2D eigenvalue weighted by Crippen LogP contribution is -2.11. The van der Waals surface area contributed by atoms with Crippen LogP contribution in [0.1, 0.15) is 5.56 Å². The summed E-state index contributed by atoms with van der Waals surface area (Å²) >= 11 is 0. The Kier molecular flexibility index (Phi) is 6.27. The van der Waals surface area contributed by atoms with Crippen molar-refractivity contribution >= 4 is 5.82 Å². The summed E-state index contributed by atoms with van der Waals surface area (Å²) in [6.07, 6.45) is 1.47. The second-order valence-corrected chi connectivity index (χ2v) is 3.36. The van der Waals surface area contributed by atoms with Crippen LogP contribution in [0.4, 0.5) is 5.82 Å². The molecule has 1 N–H and O–H groups in total. The van der Waals surface area contributed by atoms with Crippen molar-refractivity contribution in [1.29, 1.82) is 0 Å². The van der Waals surface area contributed by atoms with Crippen LogP contribution in [0.15, 0.2) is 6.33 Å². The van der Waals surface area contributed by atoms with Crippen molar-refractivity contribution in [3.05, 3.63) is 11.9 Å². The van der Waals surface area contributed by atoms with Gasteiger partial charge in [0.1, 0.15) is 18.8 Å². The molecule has 0 unspecified atom stereocenters. The third kappa shape index (κ3) is 4.54. The molecule has 0 aliphatic carbocycles. The minimum absolute atomic E-state index is 0.463. The lowest BCUT2D eigenvalue weighted by atomic mass is 10.3. The molecule has 96 valence electrons. The Morgan fingerprint density at radius 1 is 1.18 bits per heavy atom. The molecule has 0 saturated heterocycles. The average Bonchev–Trinajstić information content (AvgIpc) is 2.35. The van der Waals surface area contributed by atoms with Gasteiger partial charge < -0.3 is 19.5 Å². The molecule has 0 aliphatic rings. The molecule has 1 aromatic heterocycles. The van der Waals surface area contributed by atoms with E-state index < -0.39 is 0 Å². The molecule has 17 heavy (non-hydrogen) atoms. The number of hydrogen-bond acceptors (Lipinski definition) is 6. The van der Waals surface area contributed by atoms with Gasteiger partial charge in [-0.25, -0.2) is 9.97 Å². The first kappa shape index (κ1) is 13.7. The van der Waals surface area contributed by atoms with Crippen LogP contribution in [-0.2, 0) is 9.47 Å². The van der Waals surface area contributed by atoms with Crippen LogP contribution in [0.25, 0.3) is 0 Å². The molecular weight excluding hydrogens is 222 g/mol. The minimum atomic E-state index is 0.463. The van der Waals surface area contributed by atoms with Crippen LogP contribution < -0.4 is 10.1 Å². The van der Waals surface area contributed by atoms with Gasteiger partial charge in [0.25, 0.3) is 0 Å². The Labute approximate surface area is 101 Å². The van der Waals surface area contributed by atoms with Crippen LogP contribution >= 0.6 is 0 Å². The number of methoxy groups -OCH3 is 1. The first-order valence-electron chi connectivity index (χ1n) is 5.48. The Morgan fingerprint density at radius 2 is 1.94 bits per heavy atom. The van der Waals surface area contributed by atoms with Crippen molar-refractivity contribution in [2.75, 3.05) is 45.9 Å². The van der Waals surface area contributed by atoms with E-state index in [1.165, 1.54) is 6.33 Å². The second kappa shape index (κ2) is 7.81. The summed E-state index contributed by atoms with van der Waals surface area (Å²) in [7, 11) is 3.45. The van der Waals surface area contributed by atoms with E-state index in [1.54, 1.807) is 7.11 Å². The Bertz CT molecular complexity index is 334. The average molecular weight is 241 g/mol. The quantitative estimate of drug-likeness (QED) is 0.681. The topological polar surface area (TPSA) is 65.5 Å². The van der Waals surface area contributed by atoms with Gasteiger partial charge in [-0.1, -0.05) is 0 Å². The molecule has 0 fully saturated rings. The molecule has 0 aliphatic heterocycles. The first-order valence-corrected chi connectivity index (χ1v) is 5.48. The molecule has 1 heterocycles. The fourth-order valence-electron chi connectivity index (χ4n) is 1.27. The summed E-state index contributed by atoms with van der Waals surface area (Å²) in [5.74, 6) is 1.36. The van der Waals surface area contributed by atoms with Gasteiger partial charge in [0.2, 0.25) is 5.88 Å². The maximum Gasteiger partial charge on any atom is 0.221 e. The Morgan fingerprint density at radius 3 is 2.65 bits per heavy atom. The van der Waals surface area contributed by atoms with Crippen LogP contribution in [0, 0.1) is 6.92 Å². The summed E-state index contributed by atoms with van der Waals surface area (Å²) in [6.45, 7) is 4.06. The van der Waals surface area contributed by atoms with Crippen molar-refractivity contribution in [2.24, 2.45) is 0 Å². The lowest BCUT2D eigenvalue weighted by Gasteiger charge is -2.10. The zero-order valence-corrected chi connectivity index (χ0v) is 10.5. The molecule has 0 radical (unpaired) electrons.